The number of carbonyl (C=O) groups is 1. The number of methoxy groups -OCH3 is 1. The highest BCUT2D eigenvalue weighted by Gasteiger charge is 2.14. The van der Waals surface area contributed by atoms with Gasteiger partial charge in [0.05, 0.1) is 0 Å². The summed E-state index contributed by atoms with van der Waals surface area (Å²) < 4.78 is 4.94. The van der Waals surface area contributed by atoms with Crippen LogP contribution in [0.5, 0.6) is 0 Å². The highest BCUT2D eigenvalue weighted by molar-refractivity contribution is 5.80. The summed E-state index contributed by atoms with van der Waals surface area (Å²) in [6.45, 7) is 7.79. The largest absolute Gasteiger partial charge is 0.372 e. The fourth-order valence-corrected chi connectivity index (χ4v) is 1.66. The summed E-state index contributed by atoms with van der Waals surface area (Å²) in [5.74, 6) is -0.0309. The van der Waals surface area contributed by atoms with Crippen LogP contribution in [0.15, 0.2) is 0 Å². The summed E-state index contributed by atoms with van der Waals surface area (Å²) in [6, 6.07) is 0. The third kappa shape index (κ3) is 4.47. The number of likely N-dealkylation sites (N-methyl/N-ethyl adjacent to an activating group) is 1. The second-order valence-electron chi connectivity index (χ2n) is 4.31. The van der Waals surface area contributed by atoms with E-state index in [1.807, 2.05) is 0 Å². The summed E-state index contributed by atoms with van der Waals surface area (Å²) in [7, 11) is 3.68. The number of rotatable bonds is 5. The predicted molar refractivity (Wildman–Crippen MR) is 63.4 cm³/mol. The Kier molecular flexibility index (Phi) is 5.73. The van der Waals surface area contributed by atoms with Crippen LogP contribution >= 0.6 is 0 Å². The third-order valence-electron chi connectivity index (χ3n) is 3.05. The van der Waals surface area contributed by atoms with Crippen LogP contribution in [-0.4, -0.2) is 75.2 Å². The minimum atomic E-state index is -0.354. The molecule has 0 spiro atoms. The maximum atomic E-state index is 11.4. The molecule has 5 heteroatoms. The van der Waals surface area contributed by atoms with Crippen LogP contribution in [0.1, 0.15) is 6.92 Å². The number of hydrogen-bond acceptors (Lipinski definition) is 4. The van der Waals surface area contributed by atoms with Crippen molar-refractivity contribution in [1.82, 2.24) is 15.1 Å². The molecule has 1 heterocycles. The molecule has 0 radical (unpaired) electrons. The Balaban J connectivity index is 2.09. The Morgan fingerprint density at radius 2 is 2.00 bits per heavy atom. The monoisotopic (exact) mass is 229 g/mol. The minimum Gasteiger partial charge on any atom is -0.372 e. The Hall–Kier alpha value is -0.650. The number of hydrogen-bond donors (Lipinski definition) is 1. The number of nitrogens with zero attached hydrogens (tertiary/aromatic N) is 2. The van der Waals surface area contributed by atoms with Crippen molar-refractivity contribution >= 4 is 5.91 Å². The highest BCUT2D eigenvalue weighted by Crippen LogP contribution is 1.97. The van der Waals surface area contributed by atoms with E-state index in [-0.39, 0.29) is 12.0 Å². The van der Waals surface area contributed by atoms with Gasteiger partial charge in [-0.15, -0.1) is 0 Å². The molecule has 0 bridgehead atoms. The van der Waals surface area contributed by atoms with E-state index < -0.39 is 0 Å². The lowest BCUT2D eigenvalue weighted by Crippen LogP contribution is -2.47. The van der Waals surface area contributed by atoms with Crippen molar-refractivity contribution in [3.05, 3.63) is 0 Å². The molecule has 1 fully saturated rings. The van der Waals surface area contributed by atoms with E-state index in [2.05, 4.69) is 22.2 Å². The van der Waals surface area contributed by atoms with Gasteiger partial charge in [0.2, 0.25) is 5.91 Å². The fraction of sp³-hybridized carbons (Fsp3) is 0.909. The van der Waals surface area contributed by atoms with E-state index in [0.29, 0.717) is 6.54 Å². The van der Waals surface area contributed by atoms with Gasteiger partial charge in [0, 0.05) is 46.4 Å². The molecular weight excluding hydrogens is 206 g/mol. The molecular formula is C11H23N3O2. The smallest absolute Gasteiger partial charge is 0.248 e. The van der Waals surface area contributed by atoms with Crippen LogP contribution in [-0.2, 0) is 9.53 Å². The summed E-state index contributed by atoms with van der Waals surface area (Å²) in [4.78, 5) is 16.1. The van der Waals surface area contributed by atoms with Crippen LogP contribution in [0.3, 0.4) is 0 Å². The van der Waals surface area contributed by atoms with Crippen molar-refractivity contribution < 1.29 is 9.53 Å². The summed E-state index contributed by atoms with van der Waals surface area (Å²) in [5.41, 5.74) is 0. The molecule has 0 aromatic rings. The average Bonchev–Trinajstić information content (AvgIpc) is 2.30. The second kappa shape index (κ2) is 6.83. The lowest BCUT2D eigenvalue weighted by Gasteiger charge is -2.32. The normalized spacial score (nSPS) is 20.7. The van der Waals surface area contributed by atoms with Gasteiger partial charge in [-0.25, -0.2) is 0 Å². The molecule has 16 heavy (non-hydrogen) atoms. The number of ether oxygens (including phenoxy) is 1. The molecule has 1 aliphatic rings. The zero-order chi connectivity index (χ0) is 12.0. The quantitative estimate of drug-likeness (QED) is 0.683. The van der Waals surface area contributed by atoms with Gasteiger partial charge < -0.3 is 15.0 Å². The molecule has 0 aromatic carbocycles. The van der Waals surface area contributed by atoms with Gasteiger partial charge in [-0.2, -0.15) is 0 Å². The van der Waals surface area contributed by atoms with Crippen molar-refractivity contribution in [1.29, 1.82) is 0 Å². The number of piperazine rings is 1. The molecule has 0 aliphatic carbocycles. The lowest BCUT2D eigenvalue weighted by atomic mass is 10.3. The number of amides is 1. The molecule has 1 atom stereocenters. The van der Waals surface area contributed by atoms with Gasteiger partial charge in [0.15, 0.2) is 0 Å². The minimum absolute atomic E-state index is 0.0309. The average molecular weight is 229 g/mol. The van der Waals surface area contributed by atoms with Gasteiger partial charge in [0.1, 0.15) is 6.10 Å². The maximum Gasteiger partial charge on any atom is 0.248 e. The molecule has 1 N–H and O–H groups in total. The number of carbonyl (C=O) groups excluding carboxylic acids is 1. The zero-order valence-corrected chi connectivity index (χ0v) is 10.5. The Labute approximate surface area is 97.7 Å². The van der Waals surface area contributed by atoms with Crippen molar-refractivity contribution in [2.45, 2.75) is 13.0 Å². The zero-order valence-electron chi connectivity index (χ0n) is 10.5. The van der Waals surface area contributed by atoms with E-state index in [4.69, 9.17) is 4.74 Å². The number of nitrogens with one attached hydrogen (secondary N) is 1. The van der Waals surface area contributed by atoms with Crippen LogP contribution < -0.4 is 5.32 Å². The Bertz CT molecular complexity index is 215. The SMILES string of the molecule is COC(C)C(=O)NCCN1CCN(C)CC1. The third-order valence-corrected chi connectivity index (χ3v) is 3.05. The van der Waals surface area contributed by atoms with E-state index >= 15 is 0 Å². The highest BCUT2D eigenvalue weighted by atomic mass is 16.5. The standard InChI is InChI=1S/C11H23N3O2/c1-10(16-3)11(15)12-4-5-14-8-6-13(2)7-9-14/h10H,4-9H2,1-3H3,(H,12,15). The lowest BCUT2D eigenvalue weighted by molar-refractivity contribution is -0.130. The first kappa shape index (κ1) is 13.4. The molecule has 1 saturated heterocycles. The molecule has 1 unspecified atom stereocenters. The molecule has 94 valence electrons. The van der Waals surface area contributed by atoms with Crippen molar-refractivity contribution in [3.8, 4) is 0 Å². The van der Waals surface area contributed by atoms with E-state index in [1.165, 1.54) is 0 Å². The molecule has 1 amide bonds. The summed E-state index contributed by atoms with van der Waals surface area (Å²) in [6.07, 6.45) is -0.354. The first-order valence-electron chi connectivity index (χ1n) is 5.85. The van der Waals surface area contributed by atoms with Gasteiger partial charge in [-0.05, 0) is 14.0 Å². The van der Waals surface area contributed by atoms with Gasteiger partial charge in [-0.1, -0.05) is 0 Å². The fourth-order valence-electron chi connectivity index (χ4n) is 1.66. The molecule has 1 aliphatic heterocycles. The van der Waals surface area contributed by atoms with Gasteiger partial charge >= 0.3 is 0 Å². The van der Waals surface area contributed by atoms with Crippen molar-refractivity contribution in [3.63, 3.8) is 0 Å². The van der Waals surface area contributed by atoms with E-state index in [9.17, 15) is 4.79 Å². The van der Waals surface area contributed by atoms with Crippen molar-refractivity contribution in [2.75, 3.05) is 53.4 Å². The topological polar surface area (TPSA) is 44.8 Å². The Morgan fingerprint density at radius 1 is 1.38 bits per heavy atom. The molecule has 0 saturated carbocycles. The second-order valence-corrected chi connectivity index (χ2v) is 4.31. The van der Waals surface area contributed by atoms with Crippen molar-refractivity contribution in [2.24, 2.45) is 0 Å². The first-order valence-corrected chi connectivity index (χ1v) is 5.85. The van der Waals surface area contributed by atoms with Gasteiger partial charge in [-0.3, -0.25) is 9.69 Å². The van der Waals surface area contributed by atoms with E-state index in [0.717, 1.165) is 32.7 Å². The Morgan fingerprint density at radius 3 is 2.56 bits per heavy atom. The van der Waals surface area contributed by atoms with Crippen LogP contribution in [0.4, 0.5) is 0 Å². The molecule has 1 rings (SSSR count). The van der Waals surface area contributed by atoms with Gasteiger partial charge in [0.25, 0.3) is 0 Å². The maximum absolute atomic E-state index is 11.4. The molecule has 5 nitrogen and oxygen atoms in total. The summed E-state index contributed by atoms with van der Waals surface area (Å²) in [5, 5.41) is 2.87. The van der Waals surface area contributed by atoms with Crippen LogP contribution in [0, 0.1) is 0 Å². The van der Waals surface area contributed by atoms with Crippen LogP contribution in [0.25, 0.3) is 0 Å². The van der Waals surface area contributed by atoms with E-state index in [1.54, 1.807) is 14.0 Å². The first-order chi connectivity index (χ1) is 7.63. The summed E-state index contributed by atoms with van der Waals surface area (Å²) >= 11 is 0. The molecule has 0 aromatic heterocycles. The van der Waals surface area contributed by atoms with Crippen LogP contribution in [0.2, 0.25) is 0 Å². The predicted octanol–water partition coefficient (Wildman–Crippen LogP) is -0.615.